The fourth-order valence-electron chi connectivity index (χ4n) is 2.73. The predicted octanol–water partition coefficient (Wildman–Crippen LogP) is 2.18. The topological polar surface area (TPSA) is 84.9 Å². The number of alkyl carbamates (subject to hydrolysis) is 1. The van der Waals surface area contributed by atoms with Crippen LogP contribution >= 0.6 is 0 Å². The first-order valence-electron chi connectivity index (χ1n) is 8.16. The van der Waals surface area contributed by atoms with E-state index in [0.29, 0.717) is 6.42 Å². The van der Waals surface area contributed by atoms with E-state index in [1.54, 1.807) is 12.1 Å². The Morgan fingerprint density at radius 2 is 1.96 bits per heavy atom. The molecule has 1 aromatic carbocycles. The Balaban J connectivity index is 1.84. The molecule has 2 rings (SSSR count). The molecule has 0 radical (unpaired) electrons. The Hall–Kier alpha value is -2.78. The molecule has 0 saturated carbocycles. The zero-order valence-corrected chi connectivity index (χ0v) is 14.7. The number of rotatable bonds is 5. The van der Waals surface area contributed by atoms with Gasteiger partial charge in [0.2, 0.25) is 0 Å². The molecule has 0 bridgehead atoms. The van der Waals surface area contributed by atoms with Crippen molar-refractivity contribution < 1.29 is 37.0 Å². The second kappa shape index (κ2) is 8.28. The maximum absolute atomic E-state index is 12.6. The molecule has 10 heteroatoms. The van der Waals surface area contributed by atoms with E-state index in [9.17, 15) is 27.6 Å². The molecule has 2 unspecified atom stereocenters. The highest BCUT2D eigenvalue weighted by atomic mass is 19.4. The average Bonchev–Trinajstić information content (AvgIpc) is 2.92. The van der Waals surface area contributed by atoms with Crippen molar-refractivity contribution in [1.82, 2.24) is 5.32 Å². The third-order valence-electron chi connectivity index (χ3n) is 3.84. The molecule has 1 aliphatic rings. The quantitative estimate of drug-likeness (QED) is 0.782. The number of para-hydroxylation sites is 1. The largest absolute Gasteiger partial charge is 0.451 e. The minimum Gasteiger partial charge on any atom is -0.451 e. The number of benzene rings is 1. The molecule has 7 nitrogen and oxygen atoms in total. The number of hydrogen-bond acceptors (Lipinski definition) is 5. The predicted molar refractivity (Wildman–Crippen MR) is 88.1 cm³/mol. The third kappa shape index (κ3) is 5.60. The van der Waals surface area contributed by atoms with Crippen LogP contribution in [-0.4, -0.2) is 49.4 Å². The molecule has 0 fully saturated rings. The van der Waals surface area contributed by atoms with Crippen LogP contribution in [0.3, 0.4) is 0 Å². The molecule has 1 N–H and O–H groups in total. The molecule has 1 aromatic rings. The smallest absolute Gasteiger partial charge is 0.422 e. The van der Waals surface area contributed by atoms with Crippen LogP contribution in [0.5, 0.6) is 0 Å². The fourth-order valence-corrected chi connectivity index (χ4v) is 2.73. The number of carbonyl (C=O) groups is 3. The molecule has 0 aliphatic carbocycles. The molecule has 148 valence electrons. The Morgan fingerprint density at radius 3 is 2.63 bits per heavy atom. The van der Waals surface area contributed by atoms with Gasteiger partial charge in [-0.3, -0.25) is 9.59 Å². The minimum atomic E-state index is -4.67. The Kier molecular flexibility index (Phi) is 6.29. The average molecular weight is 388 g/mol. The molecule has 2 atom stereocenters. The molecule has 2 amide bonds. The molecule has 0 spiro atoms. The number of nitrogens with one attached hydrogen (secondary N) is 1. The van der Waals surface area contributed by atoms with Crippen molar-refractivity contribution in [3.05, 3.63) is 29.8 Å². The summed E-state index contributed by atoms with van der Waals surface area (Å²) >= 11 is 0. The Bertz CT molecular complexity index is 723. The second-order valence-electron chi connectivity index (χ2n) is 6.07. The number of halogens is 3. The van der Waals surface area contributed by atoms with Gasteiger partial charge in [0.25, 0.3) is 5.91 Å². The molecule has 0 saturated heterocycles. The molecular weight excluding hydrogens is 369 g/mol. The highest BCUT2D eigenvalue weighted by Crippen LogP contribution is 2.32. The van der Waals surface area contributed by atoms with Gasteiger partial charge in [-0.05, 0) is 31.9 Å². The van der Waals surface area contributed by atoms with Crippen molar-refractivity contribution >= 4 is 23.7 Å². The first kappa shape index (κ1) is 20.5. The lowest BCUT2D eigenvalue weighted by atomic mass is 10.1. The number of hydrogen-bond donors (Lipinski definition) is 1. The zero-order valence-electron chi connectivity index (χ0n) is 14.7. The summed E-state index contributed by atoms with van der Waals surface area (Å²) in [6, 6.07) is 7.26. The van der Waals surface area contributed by atoms with Crippen LogP contribution in [0.15, 0.2) is 24.3 Å². The normalized spacial score (nSPS) is 17.1. The van der Waals surface area contributed by atoms with Gasteiger partial charge in [0, 0.05) is 11.7 Å². The lowest BCUT2D eigenvalue weighted by Gasteiger charge is -2.25. The molecule has 27 heavy (non-hydrogen) atoms. The van der Waals surface area contributed by atoms with Gasteiger partial charge in [0.1, 0.15) is 6.54 Å². The van der Waals surface area contributed by atoms with Crippen LogP contribution in [0.4, 0.5) is 23.7 Å². The Morgan fingerprint density at radius 1 is 1.30 bits per heavy atom. The van der Waals surface area contributed by atoms with E-state index in [4.69, 9.17) is 4.74 Å². The van der Waals surface area contributed by atoms with E-state index >= 15 is 0 Å². The summed E-state index contributed by atoms with van der Waals surface area (Å²) in [5.41, 5.74) is 1.75. The van der Waals surface area contributed by atoms with Gasteiger partial charge in [0.05, 0.1) is 0 Å². The van der Waals surface area contributed by atoms with E-state index in [2.05, 4.69) is 4.74 Å². The van der Waals surface area contributed by atoms with Crippen LogP contribution in [0.2, 0.25) is 0 Å². The zero-order chi connectivity index (χ0) is 20.2. The van der Waals surface area contributed by atoms with Crippen LogP contribution in [0.1, 0.15) is 19.4 Å². The monoisotopic (exact) mass is 388 g/mol. The van der Waals surface area contributed by atoms with E-state index in [1.165, 1.54) is 11.8 Å². The van der Waals surface area contributed by atoms with Gasteiger partial charge in [0.15, 0.2) is 12.7 Å². The SMILES string of the molecule is CC(OC(=O)CNC(=O)OCC(F)(F)F)C(=O)N1c2ccccc2CC1C. The summed E-state index contributed by atoms with van der Waals surface area (Å²) < 4.78 is 44.6. The number of fused-ring (bicyclic) bond motifs is 1. The van der Waals surface area contributed by atoms with E-state index in [0.717, 1.165) is 11.3 Å². The van der Waals surface area contributed by atoms with Crippen molar-refractivity contribution in [2.24, 2.45) is 0 Å². The van der Waals surface area contributed by atoms with Crippen LogP contribution in [0, 0.1) is 0 Å². The van der Waals surface area contributed by atoms with Gasteiger partial charge in [-0.2, -0.15) is 13.2 Å². The third-order valence-corrected chi connectivity index (χ3v) is 3.84. The van der Waals surface area contributed by atoms with Crippen molar-refractivity contribution in [3.8, 4) is 0 Å². The lowest BCUT2D eigenvalue weighted by Crippen LogP contribution is -2.44. The maximum Gasteiger partial charge on any atom is 0.422 e. The van der Waals surface area contributed by atoms with Crippen LogP contribution in [0.25, 0.3) is 0 Å². The summed E-state index contributed by atoms with van der Waals surface area (Å²) in [6.45, 7) is 0.760. The summed E-state index contributed by atoms with van der Waals surface area (Å²) in [5, 5.41) is 1.83. The summed E-state index contributed by atoms with van der Waals surface area (Å²) in [4.78, 5) is 37.0. The summed E-state index contributed by atoms with van der Waals surface area (Å²) in [5.74, 6) is -1.40. The van der Waals surface area contributed by atoms with Crippen molar-refractivity contribution in [2.45, 2.75) is 38.6 Å². The highest BCUT2D eigenvalue weighted by molar-refractivity contribution is 5.99. The molecule has 1 heterocycles. The fraction of sp³-hybridized carbons (Fsp3) is 0.471. The number of amides is 2. The van der Waals surface area contributed by atoms with E-state index in [-0.39, 0.29) is 6.04 Å². The van der Waals surface area contributed by atoms with E-state index in [1.807, 2.05) is 24.4 Å². The molecule has 0 aromatic heterocycles. The van der Waals surface area contributed by atoms with Crippen LogP contribution in [-0.2, 0) is 25.5 Å². The maximum atomic E-state index is 12.6. The van der Waals surface area contributed by atoms with Gasteiger partial charge in [-0.25, -0.2) is 4.79 Å². The number of nitrogens with zero attached hydrogens (tertiary/aromatic N) is 1. The highest BCUT2D eigenvalue weighted by Gasteiger charge is 2.34. The number of esters is 1. The Labute approximate surface area is 153 Å². The first-order valence-corrected chi connectivity index (χ1v) is 8.16. The van der Waals surface area contributed by atoms with E-state index < -0.39 is 43.4 Å². The van der Waals surface area contributed by atoms with Crippen LogP contribution < -0.4 is 10.2 Å². The van der Waals surface area contributed by atoms with Gasteiger partial charge < -0.3 is 19.7 Å². The van der Waals surface area contributed by atoms with Gasteiger partial charge in [-0.1, -0.05) is 18.2 Å². The van der Waals surface area contributed by atoms with Crippen molar-refractivity contribution in [1.29, 1.82) is 0 Å². The molecule has 1 aliphatic heterocycles. The van der Waals surface area contributed by atoms with Gasteiger partial charge in [-0.15, -0.1) is 0 Å². The van der Waals surface area contributed by atoms with Crippen molar-refractivity contribution in [2.75, 3.05) is 18.1 Å². The number of alkyl halides is 3. The van der Waals surface area contributed by atoms with Gasteiger partial charge >= 0.3 is 18.2 Å². The minimum absolute atomic E-state index is 0.105. The number of anilines is 1. The standard InChI is InChI=1S/C17H19F3N2O5/c1-10-7-12-5-3-4-6-13(12)22(10)15(24)11(2)27-14(23)8-21-16(25)26-9-17(18,19)20/h3-6,10-11H,7-9H2,1-2H3,(H,21,25). The first-order chi connectivity index (χ1) is 12.6. The molecular formula is C17H19F3N2O5. The summed E-state index contributed by atoms with van der Waals surface area (Å²) in [7, 11) is 0. The number of carbonyl (C=O) groups excluding carboxylic acids is 3. The second-order valence-corrected chi connectivity index (χ2v) is 6.07. The number of ether oxygens (including phenoxy) is 2. The summed E-state index contributed by atoms with van der Waals surface area (Å²) in [6.07, 6.45) is -6.53. The van der Waals surface area contributed by atoms with Crippen molar-refractivity contribution in [3.63, 3.8) is 0 Å². The lowest BCUT2D eigenvalue weighted by molar-refractivity contribution is -0.160.